The minimum Gasteiger partial charge on any atom is -0.389 e. The first-order valence-electron chi connectivity index (χ1n) is 8.50. The van der Waals surface area contributed by atoms with Crippen molar-refractivity contribution in [1.29, 1.82) is 0 Å². The van der Waals surface area contributed by atoms with Gasteiger partial charge >= 0.3 is 0 Å². The molecule has 19 heavy (non-hydrogen) atoms. The predicted octanol–water partition coefficient (Wildman–Crippen LogP) is 3.73. The SMILES string of the molecule is CCC1CCC(O)(CNC2CCCC(C)C2C)CC1. The topological polar surface area (TPSA) is 32.3 Å². The zero-order chi connectivity index (χ0) is 13.9. The Kier molecular flexibility index (Phi) is 5.30. The Balaban J connectivity index is 1.78. The van der Waals surface area contributed by atoms with Crippen molar-refractivity contribution in [3.05, 3.63) is 0 Å². The van der Waals surface area contributed by atoms with Crippen molar-refractivity contribution in [2.45, 2.75) is 83.8 Å². The number of rotatable bonds is 4. The summed E-state index contributed by atoms with van der Waals surface area (Å²) in [6.07, 6.45) is 9.71. The van der Waals surface area contributed by atoms with Gasteiger partial charge in [0.25, 0.3) is 0 Å². The van der Waals surface area contributed by atoms with Gasteiger partial charge in [0.2, 0.25) is 0 Å². The lowest BCUT2D eigenvalue weighted by atomic mass is 9.76. The number of nitrogens with one attached hydrogen (secondary N) is 1. The summed E-state index contributed by atoms with van der Waals surface area (Å²) in [4.78, 5) is 0. The van der Waals surface area contributed by atoms with E-state index in [-0.39, 0.29) is 0 Å². The largest absolute Gasteiger partial charge is 0.389 e. The average molecular weight is 267 g/mol. The van der Waals surface area contributed by atoms with Crippen LogP contribution < -0.4 is 5.32 Å². The Hall–Kier alpha value is -0.0800. The summed E-state index contributed by atoms with van der Waals surface area (Å²) in [5.41, 5.74) is -0.425. The smallest absolute Gasteiger partial charge is 0.0771 e. The Morgan fingerprint density at radius 2 is 1.79 bits per heavy atom. The van der Waals surface area contributed by atoms with Crippen LogP contribution in [0.5, 0.6) is 0 Å². The van der Waals surface area contributed by atoms with Crippen LogP contribution in [0.3, 0.4) is 0 Å². The van der Waals surface area contributed by atoms with E-state index in [2.05, 4.69) is 26.1 Å². The van der Waals surface area contributed by atoms with Crippen LogP contribution in [0.15, 0.2) is 0 Å². The first-order chi connectivity index (χ1) is 9.04. The van der Waals surface area contributed by atoms with Crippen molar-refractivity contribution in [1.82, 2.24) is 5.32 Å². The molecular formula is C17H33NO. The molecule has 0 amide bonds. The van der Waals surface area contributed by atoms with Crippen LogP contribution in [-0.2, 0) is 0 Å². The molecule has 112 valence electrons. The molecule has 0 aromatic rings. The lowest BCUT2D eigenvalue weighted by Gasteiger charge is -2.40. The van der Waals surface area contributed by atoms with Crippen molar-refractivity contribution in [3.63, 3.8) is 0 Å². The minimum atomic E-state index is -0.425. The van der Waals surface area contributed by atoms with E-state index in [1.54, 1.807) is 0 Å². The molecule has 0 aromatic carbocycles. The summed E-state index contributed by atoms with van der Waals surface area (Å²) in [6.45, 7) is 7.84. The second-order valence-electron chi connectivity index (χ2n) is 7.33. The molecule has 2 saturated carbocycles. The zero-order valence-electron chi connectivity index (χ0n) is 13.1. The average Bonchev–Trinajstić information content (AvgIpc) is 2.41. The third-order valence-corrected chi connectivity index (χ3v) is 6.01. The van der Waals surface area contributed by atoms with E-state index in [4.69, 9.17) is 0 Å². The van der Waals surface area contributed by atoms with Gasteiger partial charge in [0, 0.05) is 12.6 Å². The normalized spacial score (nSPS) is 44.2. The molecule has 2 N–H and O–H groups in total. The van der Waals surface area contributed by atoms with Gasteiger partial charge in [-0.25, -0.2) is 0 Å². The fourth-order valence-corrected chi connectivity index (χ4v) is 3.99. The standard InChI is InChI=1S/C17H33NO/c1-4-15-8-10-17(19,11-9-15)12-18-16-7-5-6-13(2)14(16)3/h13-16,18-19H,4-12H2,1-3H3. The van der Waals surface area contributed by atoms with Crippen LogP contribution in [0.25, 0.3) is 0 Å². The molecule has 0 bridgehead atoms. The third-order valence-electron chi connectivity index (χ3n) is 6.01. The van der Waals surface area contributed by atoms with Gasteiger partial charge in [0.15, 0.2) is 0 Å². The Morgan fingerprint density at radius 3 is 2.42 bits per heavy atom. The molecule has 2 heteroatoms. The Labute approximate surface area is 119 Å². The second-order valence-corrected chi connectivity index (χ2v) is 7.33. The lowest BCUT2D eigenvalue weighted by molar-refractivity contribution is -0.0139. The predicted molar refractivity (Wildman–Crippen MR) is 81.2 cm³/mol. The highest BCUT2D eigenvalue weighted by atomic mass is 16.3. The van der Waals surface area contributed by atoms with Gasteiger partial charge in [0.05, 0.1) is 5.60 Å². The van der Waals surface area contributed by atoms with E-state index in [9.17, 15) is 5.11 Å². The highest BCUT2D eigenvalue weighted by Crippen LogP contribution is 2.34. The molecule has 0 aliphatic heterocycles. The zero-order valence-corrected chi connectivity index (χ0v) is 13.1. The molecule has 2 nitrogen and oxygen atoms in total. The molecule has 2 aliphatic carbocycles. The first kappa shape index (κ1) is 15.3. The van der Waals surface area contributed by atoms with E-state index in [1.165, 1.54) is 38.5 Å². The third kappa shape index (κ3) is 3.95. The monoisotopic (exact) mass is 267 g/mol. The number of hydrogen-bond acceptors (Lipinski definition) is 2. The summed E-state index contributed by atoms with van der Waals surface area (Å²) < 4.78 is 0. The van der Waals surface area contributed by atoms with Crippen molar-refractivity contribution >= 4 is 0 Å². The highest BCUT2D eigenvalue weighted by molar-refractivity contribution is 4.90. The second kappa shape index (κ2) is 6.58. The van der Waals surface area contributed by atoms with E-state index in [0.29, 0.717) is 6.04 Å². The molecule has 0 radical (unpaired) electrons. The molecule has 0 spiro atoms. The van der Waals surface area contributed by atoms with E-state index >= 15 is 0 Å². The molecule has 2 aliphatic rings. The van der Waals surface area contributed by atoms with Gasteiger partial charge in [-0.2, -0.15) is 0 Å². The van der Waals surface area contributed by atoms with E-state index in [0.717, 1.165) is 37.1 Å². The maximum absolute atomic E-state index is 10.7. The quantitative estimate of drug-likeness (QED) is 0.813. The van der Waals surface area contributed by atoms with Crippen LogP contribution in [0.2, 0.25) is 0 Å². The fraction of sp³-hybridized carbons (Fsp3) is 1.00. The molecule has 2 fully saturated rings. The highest BCUT2D eigenvalue weighted by Gasteiger charge is 2.34. The van der Waals surface area contributed by atoms with Crippen molar-refractivity contribution in [3.8, 4) is 0 Å². The molecular weight excluding hydrogens is 234 g/mol. The maximum atomic E-state index is 10.7. The van der Waals surface area contributed by atoms with Crippen molar-refractivity contribution in [2.75, 3.05) is 6.54 Å². The summed E-state index contributed by atoms with van der Waals surface area (Å²) in [5, 5.41) is 14.4. The molecule has 0 heterocycles. The molecule has 0 aromatic heterocycles. The van der Waals surface area contributed by atoms with Crippen LogP contribution in [0.1, 0.15) is 72.1 Å². The molecule has 0 saturated heterocycles. The fourth-order valence-electron chi connectivity index (χ4n) is 3.99. The first-order valence-corrected chi connectivity index (χ1v) is 8.50. The van der Waals surface area contributed by atoms with Crippen LogP contribution in [-0.4, -0.2) is 23.3 Å². The van der Waals surface area contributed by atoms with Gasteiger partial charge in [-0.3, -0.25) is 0 Å². The summed E-state index contributed by atoms with van der Waals surface area (Å²) >= 11 is 0. The summed E-state index contributed by atoms with van der Waals surface area (Å²) in [5.74, 6) is 2.44. The number of aliphatic hydroxyl groups is 1. The van der Waals surface area contributed by atoms with E-state index < -0.39 is 5.60 Å². The van der Waals surface area contributed by atoms with Gasteiger partial charge in [-0.15, -0.1) is 0 Å². The summed E-state index contributed by atoms with van der Waals surface area (Å²) in [6, 6.07) is 0.622. The van der Waals surface area contributed by atoms with Gasteiger partial charge in [-0.05, 0) is 49.9 Å². The summed E-state index contributed by atoms with van der Waals surface area (Å²) in [7, 11) is 0. The van der Waals surface area contributed by atoms with Crippen molar-refractivity contribution < 1.29 is 5.11 Å². The van der Waals surface area contributed by atoms with Crippen LogP contribution in [0, 0.1) is 17.8 Å². The molecule has 3 atom stereocenters. The van der Waals surface area contributed by atoms with Crippen LogP contribution >= 0.6 is 0 Å². The maximum Gasteiger partial charge on any atom is 0.0771 e. The molecule has 3 unspecified atom stereocenters. The van der Waals surface area contributed by atoms with Crippen molar-refractivity contribution in [2.24, 2.45) is 17.8 Å². The molecule has 2 rings (SSSR count). The Bertz CT molecular complexity index is 270. The van der Waals surface area contributed by atoms with Gasteiger partial charge < -0.3 is 10.4 Å². The number of hydrogen-bond donors (Lipinski definition) is 2. The minimum absolute atomic E-state index is 0.425. The lowest BCUT2D eigenvalue weighted by Crippen LogP contribution is -2.50. The Morgan fingerprint density at radius 1 is 1.11 bits per heavy atom. The van der Waals surface area contributed by atoms with Gasteiger partial charge in [0.1, 0.15) is 0 Å². The van der Waals surface area contributed by atoms with Crippen LogP contribution in [0.4, 0.5) is 0 Å². The van der Waals surface area contributed by atoms with E-state index in [1.807, 2.05) is 0 Å². The van der Waals surface area contributed by atoms with Gasteiger partial charge in [-0.1, -0.05) is 40.0 Å².